The van der Waals surface area contributed by atoms with Crippen LogP contribution >= 0.6 is 11.3 Å². The number of nitrogens with zero attached hydrogens (tertiary/aromatic N) is 1. The lowest BCUT2D eigenvalue weighted by molar-refractivity contribution is 0.258. The Morgan fingerprint density at radius 3 is 2.50 bits per heavy atom. The third-order valence-electron chi connectivity index (χ3n) is 2.49. The monoisotopic (exact) mass is 212 g/mol. The molecule has 0 saturated heterocycles. The molecule has 1 heterocycles. The van der Waals surface area contributed by atoms with Gasteiger partial charge in [-0.2, -0.15) is 0 Å². The van der Waals surface area contributed by atoms with E-state index in [0.29, 0.717) is 6.04 Å². The molecule has 0 bridgehead atoms. The van der Waals surface area contributed by atoms with Gasteiger partial charge < -0.3 is 10.6 Å². The Hall–Kier alpha value is -0.380. The third kappa shape index (κ3) is 3.08. The van der Waals surface area contributed by atoms with Gasteiger partial charge in [0.2, 0.25) is 0 Å². The minimum Gasteiger partial charge on any atom is -0.322 e. The molecule has 2 N–H and O–H groups in total. The van der Waals surface area contributed by atoms with Gasteiger partial charge in [0.25, 0.3) is 0 Å². The average Bonchev–Trinajstić information content (AvgIpc) is 2.51. The highest BCUT2D eigenvalue weighted by Crippen LogP contribution is 2.21. The molecule has 0 amide bonds. The standard InChI is InChI=1S/C11H20N2S/c1-8(2)13(4)7-10(12)11-6-5-9(3)14-11/h5-6,8,10H,7,12H2,1-4H3. The van der Waals surface area contributed by atoms with Crippen LogP contribution in [0, 0.1) is 6.92 Å². The summed E-state index contributed by atoms with van der Waals surface area (Å²) in [5.74, 6) is 0. The average molecular weight is 212 g/mol. The third-order valence-corrected chi connectivity index (χ3v) is 3.63. The zero-order chi connectivity index (χ0) is 10.7. The van der Waals surface area contributed by atoms with E-state index < -0.39 is 0 Å². The minimum atomic E-state index is 0.154. The van der Waals surface area contributed by atoms with Crippen molar-refractivity contribution in [1.29, 1.82) is 0 Å². The summed E-state index contributed by atoms with van der Waals surface area (Å²) in [7, 11) is 2.12. The molecule has 0 aliphatic rings. The number of hydrogen-bond acceptors (Lipinski definition) is 3. The Morgan fingerprint density at radius 1 is 1.43 bits per heavy atom. The van der Waals surface area contributed by atoms with Crippen LogP contribution in [-0.2, 0) is 0 Å². The zero-order valence-corrected chi connectivity index (χ0v) is 10.3. The molecule has 14 heavy (non-hydrogen) atoms. The van der Waals surface area contributed by atoms with Crippen LogP contribution in [-0.4, -0.2) is 24.5 Å². The van der Waals surface area contributed by atoms with E-state index in [-0.39, 0.29) is 6.04 Å². The SMILES string of the molecule is Cc1ccc(C(N)CN(C)C(C)C)s1. The van der Waals surface area contributed by atoms with Crippen molar-refractivity contribution in [3.63, 3.8) is 0 Å². The van der Waals surface area contributed by atoms with Crippen molar-refractivity contribution in [3.05, 3.63) is 21.9 Å². The smallest absolute Gasteiger partial charge is 0.0519 e. The van der Waals surface area contributed by atoms with Gasteiger partial charge in [-0.25, -0.2) is 0 Å². The van der Waals surface area contributed by atoms with Crippen LogP contribution in [0.25, 0.3) is 0 Å². The van der Waals surface area contributed by atoms with Crippen LogP contribution < -0.4 is 5.73 Å². The highest BCUT2D eigenvalue weighted by atomic mass is 32.1. The van der Waals surface area contributed by atoms with Crippen LogP contribution in [0.1, 0.15) is 29.6 Å². The van der Waals surface area contributed by atoms with E-state index in [1.165, 1.54) is 9.75 Å². The Kier molecular flexibility index (Phi) is 4.11. The second-order valence-electron chi connectivity index (χ2n) is 4.09. The van der Waals surface area contributed by atoms with E-state index in [2.05, 4.69) is 44.9 Å². The van der Waals surface area contributed by atoms with Crippen LogP contribution in [0.5, 0.6) is 0 Å². The topological polar surface area (TPSA) is 29.3 Å². The predicted molar refractivity (Wildman–Crippen MR) is 63.8 cm³/mol. The van der Waals surface area contributed by atoms with Crippen molar-refractivity contribution >= 4 is 11.3 Å². The lowest BCUT2D eigenvalue weighted by Crippen LogP contribution is -2.33. The summed E-state index contributed by atoms with van der Waals surface area (Å²) in [6, 6.07) is 4.98. The molecule has 1 unspecified atom stereocenters. The molecule has 0 aliphatic heterocycles. The lowest BCUT2D eigenvalue weighted by Gasteiger charge is -2.24. The summed E-state index contributed by atoms with van der Waals surface area (Å²) < 4.78 is 0. The molecule has 2 nitrogen and oxygen atoms in total. The Morgan fingerprint density at radius 2 is 2.07 bits per heavy atom. The van der Waals surface area contributed by atoms with Gasteiger partial charge in [0.1, 0.15) is 0 Å². The fourth-order valence-corrected chi connectivity index (χ4v) is 2.13. The van der Waals surface area contributed by atoms with E-state index in [0.717, 1.165) is 6.54 Å². The van der Waals surface area contributed by atoms with Crippen molar-refractivity contribution in [2.24, 2.45) is 5.73 Å². The molecular weight excluding hydrogens is 192 g/mol. The summed E-state index contributed by atoms with van der Waals surface area (Å²) in [4.78, 5) is 4.90. The van der Waals surface area contributed by atoms with E-state index in [1.54, 1.807) is 11.3 Å². The van der Waals surface area contributed by atoms with Gasteiger partial charge in [0.15, 0.2) is 0 Å². The Labute approximate surface area is 90.7 Å². The van der Waals surface area contributed by atoms with Crippen molar-refractivity contribution in [1.82, 2.24) is 4.90 Å². The quantitative estimate of drug-likeness (QED) is 0.830. The van der Waals surface area contributed by atoms with Gasteiger partial charge in [-0.3, -0.25) is 0 Å². The minimum absolute atomic E-state index is 0.154. The molecule has 80 valence electrons. The van der Waals surface area contributed by atoms with E-state index in [4.69, 9.17) is 5.73 Å². The molecule has 0 aliphatic carbocycles. The molecule has 0 aromatic carbocycles. The first-order valence-electron chi connectivity index (χ1n) is 5.03. The fraction of sp³-hybridized carbons (Fsp3) is 0.636. The molecule has 0 spiro atoms. The first-order chi connectivity index (χ1) is 6.50. The largest absolute Gasteiger partial charge is 0.322 e. The number of rotatable bonds is 4. The van der Waals surface area contributed by atoms with E-state index in [1.807, 2.05) is 0 Å². The van der Waals surface area contributed by atoms with Crippen LogP contribution in [0.4, 0.5) is 0 Å². The maximum atomic E-state index is 6.12. The maximum absolute atomic E-state index is 6.12. The van der Waals surface area contributed by atoms with Crippen molar-refractivity contribution < 1.29 is 0 Å². The number of aryl methyl sites for hydroxylation is 1. The molecule has 3 heteroatoms. The Bertz CT molecular complexity index is 281. The summed E-state index contributed by atoms with van der Waals surface area (Å²) in [6.07, 6.45) is 0. The summed E-state index contributed by atoms with van der Waals surface area (Å²) >= 11 is 1.80. The second-order valence-corrected chi connectivity index (χ2v) is 5.41. The second kappa shape index (κ2) is 4.91. The van der Waals surface area contributed by atoms with Gasteiger partial charge in [-0.15, -0.1) is 11.3 Å². The molecule has 1 atom stereocenters. The predicted octanol–water partition coefficient (Wildman–Crippen LogP) is 2.40. The van der Waals surface area contributed by atoms with Gasteiger partial charge in [0, 0.05) is 22.3 Å². The van der Waals surface area contributed by atoms with Crippen LogP contribution in [0.3, 0.4) is 0 Å². The first-order valence-corrected chi connectivity index (χ1v) is 5.84. The maximum Gasteiger partial charge on any atom is 0.0519 e. The number of likely N-dealkylation sites (N-methyl/N-ethyl adjacent to an activating group) is 1. The van der Waals surface area contributed by atoms with Crippen molar-refractivity contribution in [2.75, 3.05) is 13.6 Å². The van der Waals surface area contributed by atoms with Gasteiger partial charge >= 0.3 is 0 Å². The van der Waals surface area contributed by atoms with E-state index >= 15 is 0 Å². The van der Waals surface area contributed by atoms with Crippen molar-refractivity contribution in [3.8, 4) is 0 Å². The Balaban J connectivity index is 2.54. The molecular formula is C11H20N2S. The van der Waals surface area contributed by atoms with Gasteiger partial charge in [-0.05, 0) is 40.0 Å². The van der Waals surface area contributed by atoms with Crippen LogP contribution in [0.15, 0.2) is 12.1 Å². The number of hydrogen-bond donors (Lipinski definition) is 1. The molecule has 1 aromatic heterocycles. The van der Waals surface area contributed by atoms with Crippen molar-refractivity contribution in [2.45, 2.75) is 32.9 Å². The zero-order valence-electron chi connectivity index (χ0n) is 9.45. The van der Waals surface area contributed by atoms with Gasteiger partial charge in [-0.1, -0.05) is 0 Å². The molecule has 1 aromatic rings. The first kappa shape index (κ1) is 11.7. The number of nitrogens with two attached hydrogens (primary N) is 1. The number of thiophene rings is 1. The summed E-state index contributed by atoms with van der Waals surface area (Å²) in [5.41, 5.74) is 6.12. The van der Waals surface area contributed by atoms with Crippen LogP contribution in [0.2, 0.25) is 0 Å². The van der Waals surface area contributed by atoms with E-state index in [9.17, 15) is 0 Å². The molecule has 1 rings (SSSR count). The summed E-state index contributed by atoms with van der Waals surface area (Å²) in [5, 5.41) is 0. The normalized spacial score (nSPS) is 13.9. The summed E-state index contributed by atoms with van der Waals surface area (Å²) in [6.45, 7) is 7.42. The van der Waals surface area contributed by atoms with Gasteiger partial charge in [0.05, 0.1) is 6.04 Å². The molecule has 0 radical (unpaired) electrons. The molecule has 0 saturated carbocycles. The fourth-order valence-electron chi connectivity index (χ4n) is 1.26. The highest BCUT2D eigenvalue weighted by molar-refractivity contribution is 7.12. The lowest BCUT2D eigenvalue weighted by atomic mass is 10.2. The molecule has 0 fully saturated rings. The highest BCUT2D eigenvalue weighted by Gasteiger charge is 2.12.